The molecular weight excluding hydrogens is 268 g/mol. The van der Waals surface area contributed by atoms with Crippen LogP contribution in [0.25, 0.3) is 0 Å². The van der Waals surface area contributed by atoms with Crippen LogP contribution in [0.4, 0.5) is 0 Å². The fraction of sp³-hybridized carbons (Fsp3) is 0.667. The van der Waals surface area contributed by atoms with Gasteiger partial charge in [0.15, 0.2) is 5.49 Å². The first-order valence-corrected chi connectivity index (χ1v) is 7.54. The summed E-state index contributed by atoms with van der Waals surface area (Å²) in [6.45, 7) is 6.12. The summed E-state index contributed by atoms with van der Waals surface area (Å²) in [7, 11) is 0. The lowest BCUT2D eigenvalue weighted by molar-refractivity contribution is 0.0818. The molecule has 116 valence electrons. The summed E-state index contributed by atoms with van der Waals surface area (Å²) in [6, 6.07) is 0. The van der Waals surface area contributed by atoms with Crippen LogP contribution in [0, 0.1) is 22.7 Å². The van der Waals surface area contributed by atoms with Gasteiger partial charge in [0.1, 0.15) is 5.84 Å². The van der Waals surface area contributed by atoms with Gasteiger partial charge in [0, 0.05) is 38.1 Å². The Hall–Kier alpha value is -1.69. The number of ether oxygens (including phenoxy) is 1. The maximum atomic E-state index is 12.2. The monoisotopic (exact) mass is 292 g/mol. The molecule has 2 heterocycles. The zero-order chi connectivity index (χ0) is 15.4. The van der Waals surface area contributed by atoms with E-state index in [4.69, 9.17) is 15.6 Å². The van der Waals surface area contributed by atoms with E-state index in [0.717, 1.165) is 19.3 Å². The minimum atomic E-state index is -0.324. The van der Waals surface area contributed by atoms with E-state index in [9.17, 15) is 4.79 Å². The molecule has 2 N–H and O–H groups in total. The van der Waals surface area contributed by atoms with E-state index in [1.165, 1.54) is 4.57 Å². The molecule has 0 aromatic carbocycles. The molecule has 0 amide bonds. The predicted molar refractivity (Wildman–Crippen MR) is 80.7 cm³/mol. The van der Waals surface area contributed by atoms with Crippen LogP contribution in [0.2, 0.25) is 0 Å². The molecule has 1 aliphatic rings. The van der Waals surface area contributed by atoms with Gasteiger partial charge in [-0.1, -0.05) is 13.8 Å². The highest BCUT2D eigenvalue weighted by atomic mass is 16.5. The Morgan fingerprint density at radius 3 is 2.67 bits per heavy atom. The van der Waals surface area contributed by atoms with Crippen molar-refractivity contribution in [3.8, 4) is 0 Å². The highest BCUT2D eigenvalue weighted by molar-refractivity contribution is 5.83. The van der Waals surface area contributed by atoms with E-state index in [1.54, 1.807) is 17.0 Å². The first kappa shape index (κ1) is 15.7. The molecule has 0 bridgehead atoms. The molecule has 1 aromatic rings. The quantitative estimate of drug-likeness (QED) is 0.650. The summed E-state index contributed by atoms with van der Waals surface area (Å²) in [6.07, 6.45) is 5.82. The molecule has 1 saturated heterocycles. The summed E-state index contributed by atoms with van der Waals surface area (Å²) >= 11 is 0. The van der Waals surface area contributed by atoms with Crippen LogP contribution >= 0.6 is 0 Å². The highest BCUT2D eigenvalue weighted by Gasteiger charge is 2.20. The Kier molecular flexibility index (Phi) is 5.12. The van der Waals surface area contributed by atoms with Gasteiger partial charge in [-0.05, 0) is 25.2 Å². The van der Waals surface area contributed by atoms with Gasteiger partial charge in [0.2, 0.25) is 0 Å². The van der Waals surface area contributed by atoms with Gasteiger partial charge in [-0.2, -0.15) is 0 Å². The molecule has 1 aliphatic heterocycles. The number of nitrogens with zero attached hydrogens (tertiary/aromatic N) is 2. The Morgan fingerprint density at radius 2 is 2.05 bits per heavy atom. The summed E-state index contributed by atoms with van der Waals surface area (Å²) in [5.74, 6) is 0.911. The van der Waals surface area contributed by atoms with Crippen molar-refractivity contribution in [2.45, 2.75) is 39.7 Å². The van der Waals surface area contributed by atoms with Crippen LogP contribution < -0.4 is 11.0 Å². The van der Waals surface area contributed by atoms with Crippen LogP contribution in [0.15, 0.2) is 17.2 Å². The normalized spacial score (nSPS) is 16.3. The van der Waals surface area contributed by atoms with E-state index in [0.29, 0.717) is 31.5 Å². The molecule has 0 saturated carbocycles. The van der Waals surface area contributed by atoms with Crippen LogP contribution in [-0.4, -0.2) is 28.2 Å². The van der Waals surface area contributed by atoms with Gasteiger partial charge < -0.3 is 9.30 Å². The van der Waals surface area contributed by atoms with E-state index in [1.807, 2.05) is 0 Å². The third kappa shape index (κ3) is 3.69. The highest BCUT2D eigenvalue weighted by Crippen LogP contribution is 2.15. The maximum Gasteiger partial charge on any atom is 0.293 e. The zero-order valence-electron chi connectivity index (χ0n) is 12.8. The van der Waals surface area contributed by atoms with E-state index >= 15 is 0 Å². The molecule has 0 spiro atoms. The van der Waals surface area contributed by atoms with Crippen molar-refractivity contribution in [3.63, 3.8) is 0 Å². The predicted octanol–water partition coefficient (Wildman–Crippen LogP) is 1.43. The number of aromatic nitrogens is 2. The van der Waals surface area contributed by atoms with Gasteiger partial charge in [-0.3, -0.25) is 20.2 Å². The van der Waals surface area contributed by atoms with Crippen LogP contribution in [-0.2, 0) is 11.3 Å². The van der Waals surface area contributed by atoms with Crippen LogP contribution in [0.1, 0.15) is 33.1 Å². The standard InChI is InChI=1S/C15H24N4O2/c1-11(2)3-6-18-7-8-19(14(17)15(18)20)13(16)12-4-9-21-10-5-12/h7-8,11-12,16-17H,3-6,9-10H2,1-2H3. The van der Waals surface area contributed by atoms with Crippen molar-refractivity contribution in [3.05, 3.63) is 28.2 Å². The molecule has 2 rings (SSSR count). The van der Waals surface area contributed by atoms with Gasteiger partial charge >= 0.3 is 0 Å². The summed E-state index contributed by atoms with van der Waals surface area (Å²) < 4.78 is 8.27. The minimum Gasteiger partial charge on any atom is -0.381 e. The molecule has 0 unspecified atom stereocenters. The smallest absolute Gasteiger partial charge is 0.293 e. The van der Waals surface area contributed by atoms with Gasteiger partial charge in [0.05, 0.1) is 0 Å². The Balaban J connectivity index is 2.22. The van der Waals surface area contributed by atoms with Crippen LogP contribution in [0.5, 0.6) is 0 Å². The van der Waals surface area contributed by atoms with Crippen LogP contribution in [0.3, 0.4) is 0 Å². The lowest BCUT2D eigenvalue weighted by Crippen LogP contribution is -2.45. The average Bonchev–Trinajstić information content (AvgIpc) is 2.49. The van der Waals surface area contributed by atoms with Crippen molar-refractivity contribution >= 4 is 5.84 Å². The Bertz CT molecular complexity index is 609. The van der Waals surface area contributed by atoms with Crippen molar-refractivity contribution in [1.82, 2.24) is 9.13 Å². The average molecular weight is 292 g/mol. The van der Waals surface area contributed by atoms with E-state index in [-0.39, 0.29) is 17.0 Å². The van der Waals surface area contributed by atoms with Gasteiger partial charge in [0.25, 0.3) is 5.56 Å². The Morgan fingerprint density at radius 1 is 1.38 bits per heavy atom. The third-order valence-corrected chi connectivity index (χ3v) is 3.91. The topological polar surface area (TPSA) is 83.9 Å². The minimum absolute atomic E-state index is 0.0683. The molecule has 6 heteroatoms. The third-order valence-electron chi connectivity index (χ3n) is 3.91. The first-order valence-electron chi connectivity index (χ1n) is 7.54. The fourth-order valence-electron chi connectivity index (χ4n) is 2.47. The van der Waals surface area contributed by atoms with Crippen molar-refractivity contribution in [2.24, 2.45) is 11.8 Å². The number of rotatable bonds is 4. The van der Waals surface area contributed by atoms with Crippen molar-refractivity contribution < 1.29 is 4.74 Å². The summed E-state index contributed by atoms with van der Waals surface area (Å²) in [5, 5.41) is 16.3. The lowest BCUT2D eigenvalue weighted by Gasteiger charge is -2.24. The second-order valence-electron chi connectivity index (χ2n) is 5.97. The SMILES string of the molecule is CC(C)CCn1ccn(C(=N)C2CCOCC2)c(=N)c1=O. The van der Waals surface area contributed by atoms with E-state index in [2.05, 4.69) is 13.8 Å². The second-order valence-corrected chi connectivity index (χ2v) is 5.97. The Labute approximate surface area is 124 Å². The van der Waals surface area contributed by atoms with Crippen molar-refractivity contribution in [2.75, 3.05) is 13.2 Å². The molecule has 1 fully saturated rings. The van der Waals surface area contributed by atoms with Gasteiger partial charge in [-0.15, -0.1) is 0 Å². The molecule has 0 radical (unpaired) electrons. The first-order chi connectivity index (χ1) is 10.0. The number of nitrogens with one attached hydrogen (secondary N) is 2. The zero-order valence-corrected chi connectivity index (χ0v) is 12.8. The largest absolute Gasteiger partial charge is 0.381 e. The second kappa shape index (κ2) is 6.85. The molecule has 0 atom stereocenters. The number of hydrogen-bond donors (Lipinski definition) is 2. The van der Waals surface area contributed by atoms with Gasteiger partial charge in [-0.25, -0.2) is 0 Å². The maximum absolute atomic E-state index is 12.2. The molecular formula is C15H24N4O2. The van der Waals surface area contributed by atoms with E-state index < -0.39 is 0 Å². The fourth-order valence-corrected chi connectivity index (χ4v) is 2.47. The number of hydrogen-bond acceptors (Lipinski definition) is 4. The van der Waals surface area contributed by atoms with Crippen molar-refractivity contribution in [1.29, 1.82) is 10.8 Å². The summed E-state index contributed by atoms with van der Waals surface area (Å²) in [4.78, 5) is 12.2. The molecule has 0 aliphatic carbocycles. The number of aryl methyl sites for hydroxylation is 1. The molecule has 6 nitrogen and oxygen atoms in total. The summed E-state index contributed by atoms with van der Waals surface area (Å²) in [5.41, 5.74) is -0.451. The lowest BCUT2D eigenvalue weighted by atomic mass is 9.99. The molecule has 21 heavy (non-hydrogen) atoms. The molecule has 1 aromatic heterocycles.